The number of amides is 1. The van der Waals surface area contributed by atoms with E-state index in [1.165, 1.54) is 4.88 Å². The molecule has 0 aromatic carbocycles. The van der Waals surface area contributed by atoms with Gasteiger partial charge in [-0.1, -0.05) is 11.2 Å². The molecule has 1 amide bonds. The molecular formula is C22H25N5O3S. The molecule has 1 fully saturated rings. The van der Waals surface area contributed by atoms with Gasteiger partial charge in [0.25, 0.3) is 11.5 Å². The van der Waals surface area contributed by atoms with Crippen LogP contribution in [0.15, 0.2) is 32.9 Å². The summed E-state index contributed by atoms with van der Waals surface area (Å²) in [5.41, 5.74) is 2.30. The fraction of sp³-hybridized carbons (Fsp3) is 0.455. The lowest BCUT2D eigenvalue weighted by Crippen LogP contribution is -2.41. The highest BCUT2D eigenvalue weighted by molar-refractivity contribution is 7.09. The topological polar surface area (TPSA) is 95.3 Å². The van der Waals surface area contributed by atoms with Gasteiger partial charge in [0.15, 0.2) is 0 Å². The van der Waals surface area contributed by atoms with E-state index in [-0.39, 0.29) is 23.1 Å². The third-order valence-electron chi connectivity index (χ3n) is 6.06. The smallest absolute Gasteiger partial charge is 0.292 e. The first-order chi connectivity index (χ1) is 15.1. The molecule has 1 saturated heterocycles. The molecule has 31 heavy (non-hydrogen) atoms. The van der Waals surface area contributed by atoms with Gasteiger partial charge in [-0.05, 0) is 31.2 Å². The maximum absolute atomic E-state index is 12.9. The van der Waals surface area contributed by atoms with Gasteiger partial charge in [-0.3, -0.25) is 14.5 Å². The summed E-state index contributed by atoms with van der Waals surface area (Å²) in [6.07, 6.45) is 2.52. The summed E-state index contributed by atoms with van der Waals surface area (Å²) in [5.74, 6) is 0.816. The van der Waals surface area contributed by atoms with Crippen LogP contribution in [0.2, 0.25) is 0 Å². The molecule has 8 nitrogen and oxygen atoms in total. The van der Waals surface area contributed by atoms with Gasteiger partial charge in [0.2, 0.25) is 5.76 Å². The number of rotatable bonds is 4. The molecule has 0 radical (unpaired) electrons. The first-order valence-electron chi connectivity index (χ1n) is 10.7. The molecule has 2 aliphatic rings. The van der Waals surface area contributed by atoms with Crippen LogP contribution in [0.4, 0.5) is 0 Å². The molecule has 1 N–H and O–H groups in total. The van der Waals surface area contributed by atoms with Crippen LogP contribution in [0.5, 0.6) is 0 Å². The third-order valence-corrected chi connectivity index (χ3v) is 6.92. The van der Waals surface area contributed by atoms with Crippen LogP contribution in [0.3, 0.4) is 0 Å². The summed E-state index contributed by atoms with van der Waals surface area (Å²) in [6.45, 7) is 5.35. The van der Waals surface area contributed by atoms with Crippen molar-refractivity contribution in [3.63, 3.8) is 0 Å². The molecule has 3 aromatic rings. The second-order valence-electron chi connectivity index (χ2n) is 8.34. The van der Waals surface area contributed by atoms with Crippen molar-refractivity contribution in [1.82, 2.24) is 24.9 Å². The summed E-state index contributed by atoms with van der Waals surface area (Å²) >= 11 is 1.74. The number of thiophene rings is 1. The van der Waals surface area contributed by atoms with E-state index in [1.807, 2.05) is 0 Å². The van der Waals surface area contributed by atoms with Crippen LogP contribution in [-0.4, -0.2) is 50.5 Å². The molecule has 3 aromatic heterocycles. The third kappa shape index (κ3) is 4.20. The van der Waals surface area contributed by atoms with E-state index in [1.54, 1.807) is 29.2 Å². The number of likely N-dealkylation sites (tertiary alicyclic amines) is 1. The molecule has 9 heteroatoms. The summed E-state index contributed by atoms with van der Waals surface area (Å²) in [7, 11) is 0. The Balaban J connectivity index is 1.31. The number of piperidine rings is 1. The maximum Gasteiger partial charge on any atom is 0.292 e. The number of fused-ring (bicyclic) bond motifs is 1. The van der Waals surface area contributed by atoms with Gasteiger partial charge in [0.1, 0.15) is 5.82 Å². The standard InChI is InChI=1S/C22H25N5O3S/c1-14-10-19(30-25-14)22(29)27-7-2-4-15(11-27)20-23-18-6-8-26(12-16-5-3-9-31-16)13-17(18)21(28)24-20/h3,5,9-10,15H,2,4,6-8,11-13H2,1H3,(H,23,24,28)/t15-/m0/s1. The van der Waals surface area contributed by atoms with E-state index in [9.17, 15) is 9.59 Å². The molecule has 5 heterocycles. The Hall–Kier alpha value is -2.78. The van der Waals surface area contributed by atoms with Crippen molar-refractivity contribution in [3.8, 4) is 0 Å². The molecule has 0 unspecified atom stereocenters. The van der Waals surface area contributed by atoms with Crippen molar-refractivity contribution >= 4 is 17.2 Å². The zero-order valence-electron chi connectivity index (χ0n) is 17.5. The first-order valence-corrected chi connectivity index (χ1v) is 11.5. The molecule has 1 atom stereocenters. The Morgan fingerprint density at radius 3 is 3.06 bits per heavy atom. The Morgan fingerprint density at radius 2 is 2.29 bits per heavy atom. The quantitative estimate of drug-likeness (QED) is 0.672. The number of nitrogens with one attached hydrogen (secondary N) is 1. The second kappa shape index (κ2) is 8.39. The van der Waals surface area contributed by atoms with Crippen molar-refractivity contribution in [2.45, 2.75) is 45.2 Å². The van der Waals surface area contributed by atoms with Gasteiger partial charge in [-0.15, -0.1) is 11.3 Å². The number of hydrogen-bond acceptors (Lipinski definition) is 7. The second-order valence-corrected chi connectivity index (χ2v) is 9.37. The average Bonchev–Trinajstić information content (AvgIpc) is 3.45. The number of hydrogen-bond donors (Lipinski definition) is 1. The van der Waals surface area contributed by atoms with Crippen LogP contribution < -0.4 is 5.56 Å². The lowest BCUT2D eigenvalue weighted by molar-refractivity contribution is 0.0662. The monoisotopic (exact) mass is 439 g/mol. The maximum atomic E-state index is 12.9. The van der Waals surface area contributed by atoms with Crippen molar-refractivity contribution in [3.05, 3.63) is 67.3 Å². The van der Waals surface area contributed by atoms with Gasteiger partial charge >= 0.3 is 0 Å². The Kier molecular flexibility index (Phi) is 5.45. The lowest BCUT2D eigenvalue weighted by atomic mass is 9.96. The molecular weight excluding hydrogens is 414 g/mol. The molecule has 0 saturated carbocycles. The number of aromatic nitrogens is 3. The van der Waals surface area contributed by atoms with Crippen molar-refractivity contribution in [2.75, 3.05) is 19.6 Å². The van der Waals surface area contributed by atoms with Crippen LogP contribution >= 0.6 is 11.3 Å². The number of nitrogens with zero attached hydrogens (tertiary/aromatic N) is 4. The zero-order chi connectivity index (χ0) is 21.4. The van der Waals surface area contributed by atoms with Crippen molar-refractivity contribution < 1.29 is 9.32 Å². The minimum absolute atomic E-state index is 0.0175. The highest BCUT2D eigenvalue weighted by Crippen LogP contribution is 2.27. The Bertz CT molecular complexity index is 1140. The number of H-pyrrole nitrogens is 1. The number of carbonyl (C=O) groups is 1. The van der Waals surface area contributed by atoms with E-state index in [0.717, 1.165) is 43.6 Å². The fourth-order valence-electron chi connectivity index (χ4n) is 4.46. The summed E-state index contributed by atoms with van der Waals surface area (Å²) in [5, 5.41) is 5.89. The van der Waals surface area contributed by atoms with E-state index in [0.29, 0.717) is 31.2 Å². The lowest BCUT2D eigenvalue weighted by Gasteiger charge is -2.32. The summed E-state index contributed by atoms with van der Waals surface area (Å²) in [6, 6.07) is 5.84. The van der Waals surface area contributed by atoms with E-state index in [4.69, 9.17) is 9.51 Å². The highest BCUT2D eigenvalue weighted by atomic mass is 32.1. The molecule has 5 rings (SSSR count). The highest BCUT2D eigenvalue weighted by Gasteiger charge is 2.30. The van der Waals surface area contributed by atoms with Crippen LogP contribution in [-0.2, 0) is 19.5 Å². The Labute approximate surface area is 183 Å². The molecule has 2 aliphatic heterocycles. The number of carbonyl (C=O) groups excluding carboxylic acids is 1. The van der Waals surface area contributed by atoms with Crippen LogP contribution in [0.1, 0.15) is 57.0 Å². The normalized spacial score (nSPS) is 19.4. The van der Waals surface area contributed by atoms with Gasteiger partial charge in [-0.2, -0.15) is 0 Å². The molecule has 0 spiro atoms. The molecule has 162 valence electrons. The number of aromatic amines is 1. The van der Waals surface area contributed by atoms with Crippen molar-refractivity contribution in [2.24, 2.45) is 0 Å². The minimum Gasteiger partial charge on any atom is -0.351 e. The van der Waals surface area contributed by atoms with Gasteiger partial charge < -0.3 is 14.4 Å². The minimum atomic E-state index is -0.158. The summed E-state index contributed by atoms with van der Waals surface area (Å²) < 4.78 is 5.14. The predicted molar refractivity (Wildman–Crippen MR) is 116 cm³/mol. The SMILES string of the molecule is Cc1cc(C(=O)N2CCC[C@H](c3nc4c(c(=O)[nH]3)CN(Cc3cccs3)CC4)C2)on1. The molecule has 0 bridgehead atoms. The van der Waals surface area contributed by atoms with Crippen LogP contribution in [0, 0.1) is 6.92 Å². The average molecular weight is 440 g/mol. The van der Waals surface area contributed by atoms with E-state index in [2.05, 4.69) is 32.6 Å². The predicted octanol–water partition coefficient (Wildman–Crippen LogP) is 2.71. The first kappa shape index (κ1) is 20.1. The van der Waals surface area contributed by atoms with Crippen molar-refractivity contribution in [1.29, 1.82) is 0 Å². The van der Waals surface area contributed by atoms with Gasteiger partial charge in [-0.25, -0.2) is 4.98 Å². The zero-order valence-corrected chi connectivity index (χ0v) is 18.3. The fourth-order valence-corrected chi connectivity index (χ4v) is 5.20. The number of aryl methyl sites for hydroxylation is 1. The summed E-state index contributed by atoms with van der Waals surface area (Å²) in [4.78, 5) is 38.9. The van der Waals surface area contributed by atoms with Gasteiger partial charge in [0.05, 0.1) is 17.0 Å². The van der Waals surface area contributed by atoms with Crippen LogP contribution in [0.25, 0.3) is 0 Å². The van der Waals surface area contributed by atoms with Gasteiger partial charge in [0, 0.05) is 56.0 Å². The largest absolute Gasteiger partial charge is 0.351 e. The van der Waals surface area contributed by atoms with E-state index >= 15 is 0 Å². The molecule has 0 aliphatic carbocycles. The Morgan fingerprint density at radius 1 is 1.39 bits per heavy atom. The van der Waals surface area contributed by atoms with E-state index < -0.39 is 0 Å².